The summed E-state index contributed by atoms with van der Waals surface area (Å²) < 4.78 is 0. The molecule has 1 N–H and O–H groups in total. The van der Waals surface area contributed by atoms with Crippen molar-refractivity contribution in [1.29, 1.82) is 0 Å². The molecule has 76 valence electrons. The van der Waals surface area contributed by atoms with Crippen molar-refractivity contribution in [3.8, 4) is 0 Å². The Bertz CT molecular complexity index is 175. The fraction of sp³-hybridized carbons (Fsp3) is 1.00. The van der Waals surface area contributed by atoms with E-state index in [0.29, 0.717) is 6.04 Å². The molecule has 1 aliphatic heterocycles. The zero-order valence-corrected chi connectivity index (χ0v) is 8.63. The molecule has 2 aliphatic rings. The standard InChI is InChI=1S/C11H21NO/c1-12-8-4-5-10(12)9-11(13)6-2-3-7-11/h10,13H,2-9H2,1H3. The van der Waals surface area contributed by atoms with E-state index in [-0.39, 0.29) is 5.60 Å². The van der Waals surface area contributed by atoms with E-state index >= 15 is 0 Å². The van der Waals surface area contributed by atoms with E-state index in [0.717, 1.165) is 19.3 Å². The quantitative estimate of drug-likeness (QED) is 0.705. The predicted octanol–water partition coefficient (Wildman–Crippen LogP) is 1.78. The largest absolute Gasteiger partial charge is 0.390 e. The molecule has 0 aromatic rings. The lowest BCUT2D eigenvalue weighted by atomic mass is 9.92. The fourth-order valence-corrected chi connectivity index (χ4v) is 2.91. The maximum atomic E-state index is 10.2. The number of aliphatic hydroxyl groups is 1. The minimum atomic E-state index is -0.302. The average Bonchev–Trinajstić information content (AvgIpc) is 2.64. The second-order valence-corrected chi connectivity index (χ2v) is 4.91. The summed E-state index contributed by atoms with van der Waals surface area (Å²) in [5.74, 6) is 0. The molecule has 0 radical (unpaired) electrons. The van der Waals surface area contributed by atoms with Crippen LogP contribution in [0.2, 0.25) is 0 Å². The van der Waals surface area contributed by atoms with Crippen LogP contribution in [0.5, 0.6) is 0 Å². The van der Waals surface area contributed by atoms with Gasteiger partial charge >= 0.3 is 0 Å². The normalized spacial score (nSPS) is 34.2. The van der Waals surface area contributed by atoms with Gasteiger partial charge in [-0.05, 0) is 45.7 Å². The van der Waals surface area contributed by atoms with Crippen LogP contribution in [0.25, 0.3) is 0 Å². The van der Waals surface area contributed by atoms with Crippen molar-refractivity contribution in [2.75, 3.05) is 13.6 Å². The van der Waals surface area contributed by atoms with Crippen LogP contribution in [-0.4, -0.2) is 35.2 Å². The van der Waals surface area contributed by atoms with Gasteiger partial charge in [-0.15, -0.1) is 0 Å². The van der Waals surface area contributed by atoms with E-state index in [1.165, 1.54) is 32.2 Å². The van der Waals surface area contributed by atoms with Crippen LogP contribution in [0.3, 0.4) is 0 Å². The Kier molecular flexibility index (Phi) is 2.61. The number of hydrogen-bond acceptors (Lipinski definition) is 2. The molecule has 1 unspecified atom stereocenters. The summed E-state index contributed by atoms with van der Waals surface area (Å²) in [7, 11) is 2.19. The lowest BCUT2D eigenvalue weighted by Crippen LogP contribution is -2.35. The van der Waals surface area contributed by atoms with E-state index in [4.69, 9.17) is 0 Å². The third kappa shape index (κ3) is 2.05. The Morgan fingerprint density at radius 3 is 2.54 bits per heavy atom. The summed E-state index contributed by atoms with van der Waals surface area (Å²) in [6.45, 7) is 1.22. The smallest absolute Gasteiger partial charge is 0.0662 e. The maximum absolute atomic E-state index is 10.2. The third-order valence-electron chi connectivity index (χ3n) is 3.82. The molecule has 0 bridgehead atoms. The lowest BCUT2D eigenvalue weighted by molar-refractivity contribution is 0.0181. The summed E-state index contributed by atoms with van der Waals surface area (Å²) in [6, 6.07) is 0.656. The van der Waals surface area contributed by atoms with Crippen molar-refractivity contribution < 1.29 is 5.11 Å². The van der Waals surface area contributed by atoms with Crippen LogP contribution in [0.4, 0.5) is 0 Å². The molecule has 1 saturated carbocycles. The highest BCUT2D eigenvalue weighted by atomic mass is 16.3. The van der Waals surface area contributed by atoms with Crippen LogP contribution in [-0.2, 0) is 0 Å². The van der Waals surface area contributed by atoms with Gasteiger partial charge in [-0.1, -0.05) is 12.8 Å². The zero-order valence-electron chi connectivity index (χ0n) is 8.63. The van der Waals surface area contributed by atoms with E-state index in [2.05, 4.69) is 11.9 Å². The minimum absolute atomic E-state index is 0.302. The number of nitrogens with zero attached hydrogens (tertiary/aromatic N) is 1. The molecule has 1 aliphatic carbocycles. The highest BCUT2D eigenvalue weighted by Crippen LogP contribution is 2.36. The molecule has 1 saturated heterocycles. The third-order valence-corrected chi connectivity index (χ3v) is 3.82. The molecule has 2 nitrogen and oxygen atoms in total. The molecule has 2 fully saturated rings. The molecule has 0 amide bonds. The first kappa shape index (κ1) is 9.47. The number of likely N-dealkylation sites (tertiary alicyclic amines) is 1. The van der Waals surface area contributed by atoms with Crippen LogP contribution in [0, 0.1) is 0 Å². The first-order chi connectivity index (χ1) is 6.20. The topological polar surface area (TPSA) is 23.5 Å². The summed E-state index contributed by atoms with van der Waals surface area (Å²) >= 11 is 0. The van der Waals surface area contributed by atoms with Gasteiger partial charge in [0.15, 0.2) is 0 Å². The Labute approximate surface area is 80.9 Å². The fourth-order valence-electron chi connectivity index (χ4n) is 2.91. The molecule has 13 heavy (non-hydrogen) atoms. The predicted molar refractivity (Wildman–Crippen MR) is 53.7 cm³/mol. The van der Waals surface area contributed by atoms with Gasteiger partial charge in [0.05, 0.1) is 5.60 Å². The van der Waals surface area contributed by atoms with Gasteiger partial charge in [0.1, 0.15) is 0 Å². The Morgan fingerprint density at radius 1 is 1.31 bits per heavy atom. The van der Waals surface area contributed by atoms with E-state index in [1.807, 2.05) is 0 Å². The molecule has 0 spiro atoms. The van der Waals surface area contributed by atoms with Gasteiger partial charge in [-0.2, -0.15) is 0 Å². The van der Waals surface area contributed by atoms with Gasteiger partial charge in [0, 0.05) is 6.04 Å². The first-order valence-electron chi connectivity index (χ1n) is 5.62. The maximum Gasteiger partial charge on any atom is 0.0662 e. The molecule has 1 heterocycles. The highest BCUT2D eigenvalue weighted by Gasteiger charge is 2.35. The summed E-state index contributed by atoms with van der Waals surface area (Å²) in [4.78, 5) is 2.41. The Morgan fingerprint density at radius 2 is 2.00 bits per heavy atom. The molecule has 0 aromatic heterocycles. The van der Waals surface area contributed by atoms with Gasteiger partial charge in [-0.25, -0.2) is 0 Å². The van der Waals surface area contributed by atoms with Crippen molar-refractivity contribution in [2.45, 2.75) is 56.6 Å². The molecular weight excluding hydrogens is 162 g/mol. The van der Waals surface area contributed by atoms with Gasteiger partial charge in [0.2, 0.25) is 0 Å². The SMILES string of the molecule is CN1CCCC1CC1(O)CCCC1. The van der Waals surface area contributed by atoms with Gasteiger partial charge < -0.3 is 10.0 Å². The lowest BCUT2D eigenvalue weighted by Gasteiger charge is -2.29. The molecule has 0 aromatic carbocycles. The summed E-state index contributed by atoms with van der Waals surface area (Å²) in [6.07, 6.45) is 8.16. The van der Waals surface area contributed by atoms with Crippen LogP contribution >= 0.6 is 0 Å². The van der Waals surface area contributed by atoms with Gasteiger partial charge in [0.25, 0.3) is 0 Å². The molecule has 1 atom stereocenters. The van der Waals surface area contributed by atoms with Crippen molar-refractivity contribution >= 4 is 0 Å². The summed E-state index contributed by atoms with van der Waals surface area (Å²) in [5.41, 5.74) is -0.302. The summed E-state index contributed by atoms with van der Waals surface area (Å²) in [5, 5.41) is 10.2. The van der Waals surface area contributed by atoms with Crippen LogP contribution < -0.4 is 0 Å². The number of hydrogen-bond donors (Lipinski definition) is 1. The molecular formula is C11H21NO. The molecule has 2 rings (SSSR count). The van der Waals surface area contributed by atoms with Crippen LogP contribution in [0.15, 0.2) is 0 Å². The second-order valence-electron chi connectivity index (χ2n) is 4.91. The first-order valence-corrected chi connectivity index (χ1v) is 5.62. The van der Waals surface area contributed by atoms with Crippen molar-refractivity contribution in [1.82, 2.24) is 4.90 Å². The molecule has 2 heteroatoms. The Balaban J connectivity index is 1.88. The van der Waals surface area contributed by atoms with Crippen LogP contribution in [0.1, 0.15) is 44.9 Å². The van der Waals surface area contributed by atoms with Crippen molar-refractivity contribution in [3.63, 3.8) is 0 Å². The Hall–Kier alpha value is -0.0800. The van der Waals surface area contributed by atoms with E-state index in [1.54, 1.807) is 0 Å². The highest BCUT2D eigenvalue weighted by molar-refractivity contribution is 4.90. The minimum Gasteiger partial charge on any atom is -0.390 e. The van der Waals surface area contributed by atoms with E-state index < -0.39 is 0 Å². The van der Waals surface area contributed by atoms with E-state index in [9.17, 15) is 5.11 Å². The average molecular weight is 183 g/mol. The van der Waals surface area contributed by atoms with Crippen molar-refractivity contribution in [2.24, 2.45) is 0 Å². The second kappa shape index (κ2) is 3.58. The van der Waals surface area contributed by atoms with Gasteiger partial charge in [-0.3, -0.25) is 0 Å². The van der Waals surface area contributed by atoms with Crippen molar-refractivity contribution in [3.05, 3.63) is 0 Å². The monoisotopic (exact) mass is 183 g/mol. The number of rotatable bonds is 2. The zero-order chi connectivity index (χ0) is 9.31.